The number of ether oxygens (including phenoxy) is 1. The van der Waals surface area contributed by atoms with Gasteiger partial charge in [0.25, 0.3) is 0 Å². The Hall–Kier alpha value is -1.99. The van der Waals surface area contributed by atoms with E-state index in [9.17, 15) is 9.59 Å². The number of amides is 3. The lowest BCUT2D eigenvalue weighted by molar-refractivity contribution is -0.118. The highest BCUT2D eigenvalue weighted by atomic mass is 35.5. The quantitative estimate of drug-likeness (QED) is 0.759. The zero-order valence-corrected chi connectivity index (χ0v) is 15.6. The van der Waals surface area contributed by atoms with Gasteiger partial charge in [-0.05, 0) is 39.0 Å². The van der Waals surface area contributed by atoms with Gasteiger partial charge in [-0.25, -0.2) is 4.79 Å². The molecule has 1 heterocycles. The maximum absolute atomic E-state index is 12.0. The number of morpholine rings is 1. The Bertz CT molecular complexity index is 625. The standard InChI is InChI=1S/C17H25ClN4O3/c1-17(2,3)21-16(24)20-15(23)11-19-13-10-12(18)4-5-14(13)22-6-8-25-9-7-22/h4-5,10,19H,6-9,11H2,1-3H3,(H2,20,21,23,24). The summed E-state index contributed by atoms with van der Waals surface area (Å²) < 4.78 is 5.37. The van der Waals surface area contributed by atoms with Gasteiger partial charge in [-0.3, -0.25) is 10.1 Å². The van der Waals surface area contributed by atoms with E-state index >= 15 is 0 Å². The molecule has 8 heteroatoms. The zero-order chi connectivity index (χ0) is 18.4. The zero-order valence-electron chi connectivity index (χ0n) is 14.8. The maximum atomic E-state index is 12.0. The monoisotopic (exact) mass is 368 g/mol. The topological polar surface area (TPSA) is 82.7 Å². The summed E-state index contributed by atoms with van der Waals surface area (Å²) in [5.41, 5.74) is 1.30. The first-order chi connectivity index (χ1) is 11.7. The van der Waals surface area contributed by atoms with Gasteiger partial charge >= 0.3 is 6.03 Å². The van der Waals surface area contributed by atoms with E-state index in [2.05, 4.69) is 20.9 Å². The predicted molar refractivity (Wildman–Crippen MR) is 99.4 cm³/mol. The van der Waals surface area contributed by atoms with Crippen molar-refractivity contribution in [1.29, 1.82) is 0 Å². The Morgan fingerprint density at radius 3 is 2.56 bits per heavy atom. The molecule has 3 amide bonds. The highest BCUT2D eigenvalue weighted by Gasteiger charge is 2.17. The summed E-state index contributed by atoms with van der Waals surface area (Å²) in [5.74, 6) is -0.422. The molecule has 0 spiro atoms. The molecule has 25 heavy (non-hydrogen) atoms. The average molecular weight is 369 g/mol. The van der Waals surface area contributed by atoms with E-state index in [-0.39, 0.29) is 6.54 Å². The van der Waals surface area contributed by atoms with Crippen LogP contribution in [0.1, 0.15) is 20.8 Å². The van der Waals surface area contributed by atoms with Crippen LogP contribution < -0.4 is 20.9 Å². The van der Waals surface area contributed by atoms with Gasteiger partial charge in [0, 0.05) is 23.7 Å². The van der Waals surface area contributed by atoms with Gasteiger partial charge in [-0.2, -0.15) is 0 Å². The molecule has 3 N–H and O–H groups in total. The molecule has 1 fully saturated rings. The van der Waals surface area contributed by atoms with E-state index in [1.807, 2.05) is 32.9 Å². The fourth-order valence-electron chi connectivity index (χ4n) is 2.45. The molecule has 2 rings (SSSR count). The highest BCUT2D eigenvalue weighted by molar-refractivity contribution is 6.31. The van der Waals surface area contributed by atoms with Crippen LogP contribution in [0.15, 0.2) is 18.2 Å². The number of rotatable bonds is 4. The maximum Gasteiger partial charge on any atom is 0.321 e. The van der Waals surface area contributed by atoms with Crippen LogP contribution in [-0.2, 0) is 9.53 Å². The molecular formula is C17H25ClN4O3. The molecule has 1 aliphatic heterocycles. The highest BCUT2D eigenvalue weighted by Crippen LogP contribution is 2.29. The first kappa shape index (κ1) is 19.3. The van der Waals surface area contributed by atoms with Gasteiger partial charge in [-0.15, -0.1) is 0 Å². The molecule has 138 valence electrons. The minimum absolute atomic E-state index is 0.0325. The normalized spacial score (nSPS) is 14.8. The van der Waals surface area contributed by atoms with Crippen molar-refractivity contribution in [3.63, 3.8) is 0 Å². The molecule has 0 saturated carbocycles. The van der Waals surface area contributed by atoms with Crippen LogP contribution in [0.5, 0.6) is 0 Å². The number of benzene rings is 1. The van der Waals surface area contributed by atoms with Crippen LogP contribution in [0.2, 0.25) is 5.02 Å². The summed E-state index contributed by atoms with van der Waals surface area (Å²) in [6.45, 7) is 8.37. The number of nitrogens with one attached hydrogen (secondary N) is 3. The molecule has 0 unspecified atom stereocenters. The van der Waals surface area contributed by atoms with E-state index in [1.54, 1.807) is 6.07 Å². The van der Waals surface area contributed by atoms with Gasteiger partial charge in [0.1, 0.15) is 0 Å². The average Bonchev–Trinajstić information content (AvgIpc) is 2.52. The van der Waals surface area contributed by atoms with E-state index in [0.29, 0.717) is 18.2 Å². The van der Waals surface area contributed by atoms with E-state index in [1.165, 1.54) is 0 Å². The molecular weight excluding hydrogens is 344 g/mol. The van der Waals surface area contributed by atoms with Crippen LogP contribution in [0.4, 0.5) is 16.2 Å². The summed E-state index contributed by atoms with van der Waals surface area (Å²) in [6.07, 6.45) is 0. The molecule has 1 saturated heterocycles. The van der Waals surface area contributed by atoms with Crippen molar-refractivity contribution in [3.8, 4) is 0 Å². The molecule has 1 aliphatic rings. The number of carbonyl (C=O) groups excluding carboxylic acids is 2. The predicted octanol–water partition coefficient (Wildman–Crippen LogP) is 2.21. The SMILES string of the molecule is CC(C)(C)NC(=O)NC(=O)CNc1cc(Cl)ccc1N1CCOCC1. The molecule has 1 aromatic rings. The number of urea groups is 1. The van der Waals surface area contributed by atoms with Crippen molar-refractivity contribution >= 4 is 34.9 Å². The van der Waals surface area contributed by atoms with Gasteiger partial charge in [-0.1, -0.05) is 11.6 Å². The number of hydrogen-bond acceptors (Lipinski definition) is 5. The smallest absolute Gasteiger partial charge is 0.321 e. The summed E-state index contributed by atoms with van der Waals surface area (Å²) in [4.78, 5) is 25.9. The summed E-state index contributed by atoms with van der Waals surface area (Å²) in [6, 6.07) is 4.99. The van der Waals surface area contributed by atoms with E-state index in [4.69, 9.17) is 16.3 Å². The number of anilines is 2. The summed E-state index contributed by atoms with van der Waals surface area (Å²) >= 11 is 6.08. The minimum atomic E-state index is -0.515. The molecule has 0 aliphatic carbocycles. The second-order valence-corrected chi connectivity index (χ2v) is 7.30. The van der Waals surface area contributed by atoms with Gasteiger partial charge < -0.3 is 20.3 Å². The van der Waals surface area contributed by atoms with Gasteiger partial charge in [0.05, 0.1) is 31.1 Å². The van der Waals surface area contributed by atoms with Crippen LogP contribution in [0.25, 0.3) is 0 Å². The Morgan fingerprint density at radius 1 is 1.24 bits per heavy atom. The largest absolute Gasteiger partial charge is 0.378 e. The lowest BCUT2D eigenvalue weighted by Crippen LogP contribution is -2.49. The number of hydrogen-bond donors (Lipinski definition) is 3. The van der Waals surface area contributed by atoms with Crippen molar-refractivity contribution in [3.05, 3.63) is 23.2 Å². The fraction of sp³-hybridized carbons (Fsp3) is 0.529. The Balaban J connectivity index is 1.96. The van der Waals surface area contributed by atoms with Gasteiger partial charge in [0.15, 0.2) is 0 Å². The molecule has 0 bridgehead atoms. The van der Waals surface area contributed by atoms with Crippen LogP contribution in [-0.4, -0.2) is 50.3 Å². The first-order valence-corrected chi connectivity index (χ1v) is 8.60. The number of imide groups is 1. The number of nitrogens with zero attached hydrogens (tertiary/aromatic N) is 1. The Labute approximate surface area is 153 Å². The van der Waals surface area contributed by atoms with Crippen molar-refractivity contribution in [1.82, 2.24) is 10.6 Å². The molecule has 7 nitrogen and oxygen atoms in total. The first-order valence-electron chi connectivity index (χ1n) is 8.23. The third-order valence-corrected chi connectivity index (χ3v) is 3.73. The van der Waals surface area contributed by atoms with Crippen molar-refractivity contribution < 1.29 is 14.3 Å². The number of carbonyl (C=O) groups is 2. The van der Waals surface area contributed by atoms with E-state index in [0.717, 1.165) is 24.5 Å². The van der Waals surface area contributed by atoms with Crippen LogP contribution in [0.3, 0.4) is 0 Å². The third kappa shape index (κ3) is 6.43. The fourth-order valence-corrected chi connectivity index (χ4v) is 2.62. The molecule has 0 radical (unpaired) electrons. The Kier molecular flexibility index (Phi) is 6.50. The lowest BCUT2D eigenvalue weighted by Gasteiger charge is -2.30. The summed E-state index contributed by atoms with van der Waals surface area (Å²) in [7, 11) is 0. The second kappa shape index (κ2) is 8.40. The van der Waals surface area contributed by atoms with Crippen molar-refractivity contribution in [2.45, 2.75) is 26.3 Å². The minimum Gasteiger partial charge on any atom is -0.378 e. The molecule has 0 atom stereocenters. The Morgan fingerprint density at radius 2 is 1.92 bits per heavy atom. The summed E-state index contributed by atoms with van der Waals surface area (Å²) in [5, 5.41) is 8.62. The molecule has 1 aromatic carbocycles. The van der Waals surface area contributed by atoms with Crippen molar-refractivity contribution in [2.24, 2.45) is 0 Å². The van der Waals surface area contributed by atoms with E-state index < -0.39 is 17.5 Å². The van der Waals surface area contributed by atoms with Gasteiger partial charge in [0.2, 0.25) is 5.91 Å². The third-order valence-electron chi connectivity index (χ3n) is 3.49. The van der Waals surface area contributed by atoms with Crippen molar-refractivity contribution in [2.75, 3.05) is 43.1 Å². The van der Waals surface area contributed by atoms with Crippen LogP contribution in [0, 0.1) is 0 Å². The van der Waals surface area contributed by atoms with Crippen LogP contribution >= 0.6 is 11.6 Å². The molecule has 0 aromatic heterocycles. The second-order valence-electron chi connectivity index (χ2n) is 6.87. The lowest BCUT2D eigenvalue weighted by atomic mass is 10.1. The number of halogens is 1.